The summed E-state index contributed by atoms with van der Waals surface area (Å²) in [4.78, 5) is 13.3. The molecule has 0 saturated heterocycles. The van der Waals surface area contributed by atoms with E-state index in [-0.39, 0.29) is 0 Å². The van der Waals surface area contributed by atoms with Gasteiger partial charge < -0.3 is 10.7 Å². The highest BCUT2D eigenvalue weighted by Crippen LogP contribution is 2.39. The highest BCUT2D eigenvalue weighted by Gasteiger charge is 2.28. The molecular weight excluding hydrogens is 264 g/mol. The van der Waals surface area contributed by atoms with Crippen molar-refractivity contribution in [2.24, 2.45) is 5.84 Å². The minimum absolute atomic E-state index is 0.485. The Balaban J connectivity index is 1.84. The van der Waals surface area contributed by atoms with E-state index >= 15 is 0 Å². The SMILES string of the molecule is Cc1ccncc1CNc1nc(C2CC2)nc(NN)c1C. The zero-order valence-corrected chi connectivity index (χ0v) is 12.3. The summed E-state index contributed by atoms with van der Waals surface area (Å²) in [6.45, 7) is 4.73. The molecule has 0 atom stereocenters. The number of hydrogen-bond donors (Lipinski definition) is 3. The maximum atomic E-state index is 5.56. The van der Waals surface area contributed by atoms with Gasteiger partial charge >= 0.3 is 0 Å². The smallest absolute Gasteiger partial charge is 0.148 e. The maximum absolute atomic E-state index is 5.56. The van der Waals surface area contributed by atoms with Crippen LogP contribution in [0.4, 0.5) is 11.6 Å². The first kappa shape index (κ1) is 13.8. The van der Waals surface area contributed by atoms with E-state index < -0.39 is 0 Å². The number of anilines is 2. The molecule has 2 aromatic rings. The van der Waals surface area contributed by atoms with Crippen LogP contribution in [-0.2, 0) is 6.54 Å². The van der Waals surface area contributed by atoms with Gasteiger partial charge in [-0.05, 0) is 43.9 Å². The lowest BCUT2D eigenvalue weighted by molar-refractivity contribution is 0.909. The van der Waals surface area contributed by atoms with E-state index in [2.05, 4.69) is 32.6 Å². The van der Waals surface area contributed by atoms with Gasteiger partial charge in [-0.15, -0.1) is 0 Å². The van der Waals surface area contributed by atoms with E-state index in [0.717, 1.165) is 35.6 Å². The third-order valence-corrected chi connectivity index (χ3v) is 3.84. The number of nitrogens with two attached hydrogens (primary N) is 1. The molecule has 1 aliphatic carbocycles. The molecule has 0 aliphatic heterocycles. The molecule has 6 nitrogen and oxygen atoms in total. The predicted octanol–water partition coefficient (Wildman–Crippen LogP) is 2.26. The highest BCUT2D eigenvalue weighted by atomic mass is 15.3. The Bertz CT molecular complexity index is 651. The van der Waals surface area contributed by atoms with Crippen LogP contribution in [0.25, 0.3) is 0 Å². The molecule has 1 fully saturated rings. The van der Waals surface area contributed by atoms with Crippen LogP contribution < -0.4 is 16.6 Å². The van der Waals surface area contributed by atoms with Crippen molar-refractivity contribution in [3.63, 3.8) is 0 Å². The summed E-state index contributed by atoms with van der Waals surface area (Å²) in [5.74, 6) is 8.45. The Morgan fingerprint density at radius 2 is 2.00 bits per heavy atom. The van der Waals surface area contributed by atoms with Crippen molar-refractivity contribution < 1.29 is 0 Å². The topological polar surface area (TPSA) is 88.8 Å². The number of rotatable bonds is 5. The van der Waals surface area contributed by atoms with Crippen molar-refractivity contribution in [1.29, 1.82) is 0 Å². The van der Waals surface area contributed by atoms with E-state index in [4.69, 9.17) is 5.84 Å². The standard InChI is InChI=1S/C15H20N6/c1-9-5-6-17-7-12(9)8-18-13-10(2)14(21-16)20-15(19-13)11-3-4-11/h5-7,11H,3-4,8,16H2,1-2H3,(H2,18,19,20,21). The molecular formula is C15H20N6. The summed E-state index contributed by atoms with van der Waals surface area (Å²) < 4.78 is 0. The molecule has 1 saturated carbocycles. The lowest BCUT2D eigenvalue weighted by Crippen LogP contribution is -2.15. The van der Waals surface area contributed by atoms with Gasteiger partial charge in [0.2, 0.25) is 0 Å². The van der Waals surface area contributed by atoms with E-state index in [1.54, 1.807) is 6.20 Å². The van der Waals surface area contributed by atoms with Crippen LogP contribution in [0.5, 0.6) is 0 Å². The average Bonchev–Trinajstić information content (AvgIpc) is 3.32. The van der Waals surface area contributed by atoms with Crippen LogP contribution in [0.15, 0.2) is 18.5 Å². The monoisotopic (exact) mass is 284 g/mol. The zero-order chi connectivity index (χ0) is 14.8. The largest absolute Gasteiger partial charge is 0.366 e. The van der Waals surface area contributed by atoms with Gasteiger partial charge in [0, 0.05) is 30.4 Å². The number of nitrogen functional groups attached to an aromatic ring is 1. The molecule has 4 N–H and O–H groups in total. The molecule has 110 valence electrons. The van der Waals surface area contributed by atoms with Gasteiger partial charge in [0.1, 0.15) is 17.5 Å². The molecule has 1 aliphatic rings. The van der Waals surface area contributed by atoms with Crippen LogP contribution in [-0.4, -0.2) is 15.0 Å². The van der Waals surface area contributed by atoms with E-state index in [9.17, 15) is 0 Å². The van der Waals surface area contributed by atoms with Gasteiger partial charge in [-0.25, -0.2) is 15.8 Å². The third kappa shape index (κ3) is 2.95. The predicted molar refractivity (Wildman–Crippen MR) is 82.9 cm³/mol. The molecule has 0 spiro atoms. The quantitative estimate of drug-likeness (QED) is 0.576. The first-order valence-corrected chi connectivity index (χ1v) is 7.17. The fraction of sp³-hybridized carbons (Fsp3) is 0.400. The first-order valence-electron chi connectivity index (χ1n) is 7.17. The Labute approximate surface area is 124 Å². The molecule has 3 rings (SSSR count). The third-order valence-electron chi connectivity index (χ3n) is 3.84. The average molecular weight is 284 g/mol. The van der Waals surface area contributed by atoms with Crippen LogP contribution in [0.1, 0.15) is 41.3 Å². The van der Waals surface area contributed by atoms with Crippen molar-refractivity contribution in [2.75, 3.05) is 10.7 Å². The Morgan fingerprint density at radius 1 is 1.24 bits per heavy atom. The van der Waals surface area contributed by atoms with Crippen LogP contribution >= 0.6 is 0 Å². The second kappa shape index (κ2) is 5.65. The summed E-state index contributed by atoms with van der Waals surface area (Å²) in [7, 11) is 0. The summed E-state index contributed by atoms with van der Waals surface area (Å²) >= 11 is 0. The van der Waals surface area contributed by atoms with Crippen molar-refractivity contribution in [2.45, 2.75) is 39.2 Å². The van der Waals surface area contributed by atoms with Gasteiger partial charge in [-0.1, -0.05) is 0 Å². The van der Waals surface area contributed by atoms with Gasteiger partial charge in [0.25, 0.3) is 0 Å². The molecule has 2 heterocycles. The summed E-state index contributed by atoms with van der Waals surface area (Å²) in [6, 6.07) is 2.01. The van der Waals surface area contributed by atoms with Gasteiger partial charge in [-0.2, -0.15) is 0 Å². The van der Waals surface area contributed by atoms with Crippen LogP contribution in [0, 0.1) is 13.8 Å². The molecule has 21 heavy (non-hydrogen) atoms. The highest BCUT2D eigenvalue weighted by molar-refractivity contribution is 5.57. The number of pyridine rings is 1. The molecule has 2 aromatic heterocycles. The lowest BCUT2D eigenvalue weighted by atomic mass is 10.1. The minimum atomic E-state index is 0.485. The summed E-state index contributed by atoms with van der Waals surface area (Å²) in [6.07, 6.45) is 6.00. The van der Waals surface area contributed by atoms with Gasteiger partial charge in [0.05, 0.1) is 0 Å². The van der Waals surface area contributed by atoms with Crippen LogP contribution in [0.3, 0.4) is 0 Å². The molecule has 6 heteroatoms. The van der Waals surface area contributed by atoms with E-state index in [1.165, 1.54) is 5.56 Å². The fourth-order valence-electron chi connectivity index (χ4n) is 2.23. The number of hydrogen-bond acceptors (Lipinski definition) is 6. The zero-order valence-electron chi connectivity index (χ0n) is 12.3. The minimum Gasteiger partial charge on any atom is -0.366 e. The van der Waals surface area contributed by atoms with Gasteiger partial charge in [-0.3, -0.25) is 4.98 Å². The maximum Gasteiger partial charge on any atom is 0.148 e. The lowest BCUT2D eigenvalue weighted by Gasteiger charge is -2.14. The van der Waals surface area contributed by atoms with Crippen molar-refractivity contribution >= 4 is 11.6 Å². The summed E-state index contributed by atoms with van der Waals surface area (Å²) in [5.41, 5.74) is 5.97. The van der Waals surface area contributed by atoms with Crippen molar-refractivity contribution in [3.05, 3.63) is 41.0 Å². The molecule has 0 amide bonds. The Hall–Kier alpha value is -2.21. The second-order valence-electron chi connectivity index (χ2n) is 5.48. The molecule has 0 aromatic carbocycles. The normalized spacial score (nSPS) is 14.0. The van der Waals surface area contributed by atoms with E-state index in [0.29, 0.717) is 18.3 Å². The fourth-order valence-corrected chi connectivity index (χ4v) is 2.23. The van der Waals surface area contributed by atoms with Gasteiger partial charge in [0.15, 0.2) is 0 Å². The molecule has 0 radical (unpaired) electrons. The number of nitrogens with one attached hydrogen (secondary N) is 2. The number of aryl methyl sites for hydroxylation is 1. The Kier molecular flexibility index (Phi) is 3.70. The Morgan fingerprint density at radius 3 is 2.67 bits per heavy atom. The first-order chi connectivity index (χ1) is 10.2. The van der Waals surface area contributed by atoms with E-state index in [1.807, 2.05) is 19.2 Å². The second-order valence-corrected chi connectivity index (χ2v) is 5.48. The van der Waals surface area contributed by atoms with Crippen molar-refractivity contribution in [1.82, 2.24) is 15.0 Å². The number of nitrogens with zero attached hydrogens (tertiary/aromatic N) is 3. The summed E-state index contributed by atoms with van der Waals surface area (Å²) in [5, 5.41) is 3.38. The number of hydrazine groups is 1. The number of aromatic nitrogens is 3. The van der Waals surface area contributed by atoms with Crippen molar-refractivity contribution in [3.8, 4) is 0 Å². The molecule has 0 bridgehead atoms. The van der Waals surface area contributed by atoms with Crippen LogP contribution in [0.2, 0.25) is 0 Å². The molecule has 0 unspecified atom stereocenters.